The van der Waals surface area contributed by atoms with Crippen molar-refractivity contribution in [3.05, 3.63) is 58.7 Å². The van der Waals surface area contributed by atoms with Gasteiger partial charge in [-0.25, -0.2) is 4.39 Å². The number of carboxylic acids is 1. The van der Waals surface area contributed by atoms with E-state index in [2.05, 4.69) is 13.8 Å². The van der Waals surface area contributed by atoms with Crippen LogP contribution in [-0.2, 0) is 16.1 Å². The van der Waals surface area contributed by atoms with Crippen LogP contribution in [0.3, 0.4) is 0 Å². The van der Waals surface area contributed by atoms with Gasteiger partial charge in [0.25, 0.3) is 0 Å². The van der Waals surface area contributed by atoms with Crippen LogP contribution in [0.2, 0.25) is 0 Å². The van der Waals surface area contributed by atoms with Crippen LogP contribution in [0.4, 0.5) is 4.39 Å². The summed E-state index contributed by atoms with van der Waals surface area (Å²) in [5.41, 5.74) is 5.05. The summed E-state index contributed by atoms with van der Waals surface area (Å²) >= 11 is 0. The predicted molar refractivity (Wildman–Crippen MR) is 132 cm³/mol. The predicted octanol–water partition coefficient (Wildman–Crippen LogP) is 4.50. The van der Waals surface area contributed by atoms with Crippen molar-refractivity contribution < 1.29 is 29.2 Å². The zero-order valence-electron chi connectivity index (χ0n) is 20.9. The molecule has 0 fully saturated rings. The number of ether oxygens (including phenoxy) is 1. The second-order valence-electron chi connectivity index (χ2n) is 8.81. The number of carbonyl (C=O) groups is 1. The molecule has 1 radical (unpaired) electrons. The zero-order valence-corrected chi connectivity index (χ0v) is 22.9. The topological polar surface area (TPSA) is 99.9 Å². The Morgan fingerprint density at radius 1 is 1.09 bits per heavy atom. The maximum Gasteiger partial charge on any atom is 0.305 e. The molecule has 181 valence electrons. The molecular formula is C26H34FNNaO5. The van der Waals surface area contributed by atoms with E-state index in [4.69, 9.17) is 14.8 Å². The van der Waals surface area contributed by atoms with Gasteiger partial charge in [-0.3, -0.25) is 9.78 Å². The van der Waals surface area contributed by atoms with E-state index in [1.165, 1.54) is 18.2 Å². The number of benzene rings is 1. The number of aliphatic hydroxyl groups excluding tert-OH is 2. The van der Waals surface area contributed by atoms with Gasteiger partial charge >= 0.3 is 5.97 Å². The number of rotatable bonds is 11. The van der Waals surface area contributed by atoms with E-state index in [1.807, 2.05) is 13.8 Å². The van der Waals surface area contributed by atoms with E-state index in [0.717, 1.165) is 33.6 Å². The molecule has 0 saturated carbocycles. The first-order valence-electron chi connectivity index (χ1n) is 11.1. The van der Waals surface area contributed by atoms with Gasteiger partial charge in [0.05, 0.1) is 30.9 Å². The smallest absolute Gasteiger partial charge is 0.305 e. The fourth-order valence-electron chi connectivity index (χ4n) is 3.85. The standard InChI is InChI=1S/C26H34FNO5.Na/c1-15(2)25-21(11-10-19(29)12-20(30)13-23(31)32)24(17-6-8-18(27)9-7-17)22(14-33-5)26(28-25)16(3)4;/h6-11,15-16,19-20,29-30H,12-14H2,1-5H3,(H,31,32);/t19-,20-;/m1./s1. The Hall–Kier alpha value is -1.61. The monoisotopic (exact) mass is 482 g/mol. The average Bonchev–Trinajstić information content (AvgIpc) is 2.72. The molecule has 1 heterocycles. The van der Waals surface area contributed by atoms with Gasteiger partial charge in [-0.05, 0) is 35.1 Å². The molecule has 2 atom stereocenters. The Bertz CT molecular complexity index is 976. The van der Waals surface area contributed by atoms with Crippen molar-refractivity contribution in [2.45, 2.75) is 71.2 Å². The number of hydrogen-bond acceptors (Lipinski definition) is 5. The van der Waals surface area contributed by atoms with E-state index >= 15 is 0 Å². The molecule has 0 aliphatic rings. The van der Waals surface area contributed by atoms with Crippen LogP contribution < -0.4 is 0 Å². The van der Waals surface area contributed by atoms with Crippen molar-refractivity contribution in [1.29, 1.82) is 0 Å². The number of aliphatic hydroxyl groups is 2. The number of carboxylic acid groups (broad SMARTS) is 1. The third-order valence-corrected chi connectivity index (χ3v) is 5.32. The van der Waals surface area contributed by atoms with Crippen molar-refractivity contribution in [3.63, 3.8) is 0 Å². The summed E-state index contributed by atoms with van der Waals surface area (Å²) in [7, 11) is 1.61. The summed E-state index contributed by atoms with van der Waals surface area (Å²) in [4.78, 5) is 15.8. The number of halogens is 1. The Morgan fingerprint density at radius 3 is 2.18 bits per heavy atom. The Kier molecular flexibility index (Phi) is 12.6. The second-order valence-corrected chi connectivity index (χ2v) is 8.81. The molecule has 6 nitrogen and oxygen atoms in total. The van der Waals surface area contributed by atoms with Gasteiger partial charge in [0.1, 0.15) is 5.82 Å². The SMILES string of the molecule is COCc1c(C(C)C)nc(C(C)C)c(C=C[C@@H](O)C[C@@H](O)CC(=O)O)c1-c1ccc(F)cc1.[Na]. The number of methoxy groups -OCH3 is 1. The number of nitrogens with zero attached hydrogens (tertiary/aromatic N) is 1. The van der Waals surface area contributed by atoms with Crippen molar-refractivity contribution in [2.24, 2.45) is 0 Å². The second kappa shape index (κ2) is 14.1. The molecule has 2 aromatic rings. The molecule has 2 rings (SSSR count). The molecule has 0 unspecified atom stereocenters. The molecule has 3 N–H and O–H groups in total. The van der Waals surface area contributed by atoms with Gasteiger partial charge in [0.15, 0.2) is 0 Å². The van der Waals surface area contributed by atoms with Gasteiger partial charge in [-0.15, -0.1) is 0 Å². The third kappa shape index (κ3) is 8.26. The summed E-state index contributed by atoms with van der Waals surface area (Å²) in [6.07, 6.45) is 0.541. The van der Waals surface area contributed by atoms with E-state index in [-0.39, 0.29) is 53.6 Å². The molecule has 1 aromatic carbocycles. The van der Waals surface area contributed by atoms with Crippen LogP contribution in [-0.4, -0.2) is 75.1 Å². The summed E-state index contributed by atoms with van der Waals surface area (Å²) in [5.74, 6) is -1.28. The van der Waals surface area contributed by atoms with Crippen LogP contribution in [0.25, 0.3) is 17.2 Å². The van der Waals surface area contributed by atoms with Gasteiger partial charge in [-0.2, -0.15) is 0 Å². The van der Waals surface area contributed by atoms with Crippen molar-refractivity contribution in [3.8, 4) is 11.1 Å². The normalized spacial score (nSPS) is 13.4. The molecular weight excluding hydrogens is 448 g/mol. The van der Waals surface area contributed by atoms with Crippen LogP contribution in [0.15, 0.2) is 30.3 Å². The average molecular weight is 483 g/mol. The summed E-state index contributed by atoms with van der Waals surface area (Å²) in [6, 6.07) is 6.23. The number of hydrogen-bond donors (Lipinski definition) is 3. The molecule has 0 amide bonds. The van der Waals surface area contributed by atoms with Gasteiger partial charge < -0.3 is 20.1 Å². The van der Waals surface area contributed by atoms with Crippen LogP contribution >= 0.6 is 0 Å². The maximum atomic E-state index is 13.7. The molecule has 0 bridgehead atoms. The molecule has 34 heavy (non-hydrogen) atoms. The first kappa shape index (κ1) is 30.4. The Labute approximate surface area is 223 Å². The Balaban J connectivity index is 0.00000578. The first-order valence-corrected chi connectivity index (χ1v) is 11.1. The zero-order chi connectivity index (χ0) is 24.7. The van der Waals surface area contributed by atoms with Crippen molar-refractivity contribution >= 4 is 41.6 Å². The fourth-order valence-corrected chi connectivity index (χ4v) is 3.85. The first-order chi connectivity index (χ1) is 15.5. The van der Waals surface area contributed by atoms with E-state index in [0.29, 0.717) is 6.61 Å². The summed E-state index contributed by atoms with van der Waals surface area (Å²) in [6.45, 7) is 8.49. The molecule has 0 spiro atoms. The van der Waals surface area contributed by atoms with E-state index in [9.17, 15) is 19.4 Å². The van der Waals surface area contributed by atoms with E-state index < -0.39 is 24.6 Å². The molecule has 0 aliphatic heterocycles. The molecule has 0 aliphatic carbocycles. The van der Waals surface area contributed by atoms with Gasteiger partial charge in [0.2, 0.25) is 0 Å². The van der Waals surface area contributed by atoms with Gasteiger partial charge in [-0.1, -0.05) is 52.0 Å². The minimum atomic E-state index is -1.16. The number of pyridine rings is 1. The number of aromatic nitrogens is 1. The third-order valence-electron chi connectivity index (χ3n) is 5.32. The Morgan fingerprint density at radius 2 is 1.68 bits per heavy atom. The largest absolute Gasteiger partial charge is 0.481 e. The molecule has 1 aromatic heterocycles. The van der Waals surface area contributed by atoms with Crippen LogP contribution in [0.5, 0.6) is 0 Å². The minimum Gasteiger partial charge on any atom is -0.481 e. The summed E-state index contributed by atoms with van der Waals surface area (Å²) in [5, 5.41) is 29.1. The summed E-state index contributed by atoms with van der Waals surface area (Å²) < 4.78 is 19.2. The van der Waals surface area contributed by atoms with Crippen molar-refractivity contribution in [1.82, 2.24) is 4.98 Å². The van der Waals surface area contributed by atoms with E-state index in [1.54, 1.807) is 25.3 Å². The van der Waals surface area contributed by atoms with Crippen molar-refractivity contribution in [2.75, 3.05) is 7.11 Å². The van der Waals surface area contributed by atoms with Gasteiger partial charge in [0, 0.05) is 59.9 Å². The molecule has 8 heteroatoms. The van der Waals surface area contributed by atoms with Crippen LogP contribution in [0.1, 0.15) is 74.9 Å². The fraction of sp³-hybridized carbons (Fsp3) is 0.462. The quantitative estimate of drug-likeness (QED) is 0.408. The van der Waals surface area contributed by atoms with Crippen LogP contribution in [0, 0.1) is 5.82 Å². The number of aliphatic carboxylic acids is 1. The maximum absolute atomic E-state index is 13.7. The minimum absolute atomic E-state index is 0. The molecule has 0 saturated heterocycles.